The van der Waals surface area contributed by atoms with E-state index >= 15 is 0 Å². The van der Waals surface area contributed by atoms with Crippen LogP contribution in [-0.4, -0.2) is 68.6 Å². The molecule has 2 saturated heterocycles. The number of rotatable bonds is 6. The van der Waals surface area contributed by atoms with Crippen LogP contribution in [-0.2, 0) is 0 Å². The second-order valence-electron chi connectivity index (χ2n) is 9.39. The maximum Gasteiger partial charge on any atom is 0.276 e. The van der Waals surface area contributed by atoms with Gasteiger partial charge in [-0.1, -0.05) is 24.0 Å². The van der Waals surface area contributed by atoms with E-state index in [2.05, 4.69) is 26.9 Å². The van der Waals surface area contributed by atoms with Gasteiger partial charge in [0.1, 0.15) is 10.5 Å². The number of anilines is 1. The van der Waals surface area contributed by atoms with Crippen LogP contribution in [0.2, 0.25) is 0 Å². The van der Waals surface area contributed by atoms with Crippen LogP contribution in [0.3, 0.4) is 0 Å². The SMILES string of the molecule is C=C(C)n1nc(C(=O)N2CCC[C@H]2CN2CCCC2)c2sc(NC(=O)c3ccc(C)c(F)c3)nc21. The molecule has 8 nitrogen and oxygen atoms in total. The molecule has 1 N–H and O–H groups in total. The lowest BCUT2D eigenvalue weighted by atomic mass is 10.1. The average molecular weight is 497 g/mol. The Kier molecular flexibility index (Phi) is 6.41. The van der Waals surface area contributed by atoms with E-state index in [1.807, 2.05) is 4.90 Å². The van der Waals surface area contributed by atoms with E-state index in [0.717, 1.165) is 32.5 Å². The van der Waals surface area contributed by atoms with E-state index < -0.39 is 11.7 Å². The van der Waals surface area contributed by atoms with Crippen molar-refractivity contribution < 1.29 is 14.0 Å². The number of likely N-dealkylation sites (tertiary alicyclic amines) is 2. The van der Waals surface area contributed by atoms with Crippen LogP contribution in [0.25, 0.3) is 16.0 Å². The average Bonchev–Trinajstić information content (AvgIpc) is 3.60. The van der Waals surface area contributed by atoms with Crippen LogP contribution in [0.4, 0.5) is 9.52 Å². The van der Waals surface area contributed by atoms with E-state index in [1.54, 1.807) is 30.7 Å². The van der Waals surface area contributed by atoms with E-state index in [1.165, 1.54) is 30.2 Å². The van der Waals surface area contributed by atoms with Gasteiger partial charge < -0.3 is 9.80 Å². The first-order chi connectivity index (χ1) is 16.8. The summed E-state index contributed by atoms with van der Waals surface area (Å²) in [5, 5.41) is 7.62. The summed E-state index contributed by atoms with van der Waals surface area (Å²) in [7, 11) is 0. The van der Waals surface area contributed by atoms with Gasteiger partial charge in [-0.2, -0.15) is 10.1 Å². The summed E-state index contributed by atoms with van der Waals surface area (Å²) in [5.74, 6) is -1.02. The minimum atomic E-state index is -0.465. The highest BCUT2D eigenvalue weighted by atomic mass is 32.1. The molecule has 1 aromatic carbocycles. The fourth-order valence-electron chi connectivity index (χ4n) is 4.86. The van der Waals surface area contributed by atoms with Crippen LogP contribution in [0.1, 0.15) is 59.0 Å². The third-order valence-corrected chi connectivity index (χ3v) is 7.72. The fourth-order valence-corrected chi connectivity index (χ4v) is 5.78. The van der Waals surface area contributed by atoms with Crippen molar-refractivity contribution in [2.75, 3.05) is 31.5 Å². The summed E-state index contributed by atoms with van der Waals surface area (Å²) >= 11 is 1.19. The Bertz CT molecular complexity index is 1310. The smallest absolute Gasteiger partial charge is 0.276 e. The number of allylic oxidation sites excluding steroid dienone is 1. The molecule has 0 saturated carbocycles. The van der Waals surface area contributed by atoms with Crippen molar-refractivity contribution in [3.05, 3.63) is 47.4 Å². The molecule has 4 heterocycles. The third-order valence-electron chi connectivity index (χ3n) is 6.75. The fraction of sp³-hybridized carbons (Fsp3) is 0.440. The van der Waals surface area contributed by atoms with Crippen molar-refractivity contribution in [3.63, 3.8) is 0 Å². The third kappa shape index (κ3) is 4.60. The number of hydrogen-bond acceptors (Lipinski definition) is 6. The highest BCUT2D eigenvalue weighted by Crippen LogP contribution is 2.33. The zero-order valence-electron chi connectivity index (χ0n) is 20.0. The van der Waals surface area contributed by atoms with Crippen LogP contribution >= 0.6 is 11.3 Å². The lowest BCUT2D eigenvalue weighted by Crippen LogP contribution is -2.42. The molecule has 2 fully saturated rings. The van der Waals surface area contributed by atoms with Crippen molar-refractivity contribution in [1.82, 2.24) is 24.6 Å². The maximum absolute atomic E-state index is 13.9. The Balaban J connectivity index is 1.42. The van der Waals surface area contributed by atoms with Crippen LogP contribution < -0.4 is 5.32 Å². The number of benzene rings is 1. The van der Waals surface area contributed by atoms with Crippen molar-refractivity contribution in [3.8, 4) is 0 Å². The largest absolute Gasteiger partial charge is 0.333 e. The Morgan fingerprint density at radius 3 is 2.71 bits per heavy atom. The molecule has 184 valence electrons. The molecule has 5 rings (SSSR count). The Morgan fingerprint density at radius 2 is 2.00 bits per heavy atom. The molecule has 2 aliphatic heterocycles. The number of nitrogens with zero attached hydrogens (tertiary/aromatic N) is 5. The van der Waals surface area contributed by atoms with Gasteiger partial charge >= 0.3 is 0 Å². The predicted octanol–water partition coefficient (Wildman–Crippen LogP) is 4.38. The topological polar surface area (TPSA) is 83.4 Å². The Labute approximate surface area is 207 Å². The number of aryl methyl sites for hydroxylation is 1. The van der Waals surface area contributed by atoms with Gasteiger partial charge in [0, 0.05) is 30.4 Å². The molecule has 2 aromatic heterocycles. The minimum Gasteiger partial charge on any atom is -0.333 e. The summed E-state index contributed by atoms with van der Waals surface area (Å²) in [6, 6.07) is 4.51. The van der Waals surface area contributed by atoms with Gasteiger partial charge in [0.15, 0.2) is 16.5 Å². The second-order valence-corrected chi connectivity index (χ2v) is 10.4. The number of amides is 2. The summed E-state index contributed by atoms with van der Waals surface area (Å²) in [5.41, 5.74) is 2.10. The number of carbonyl (C=O) groups is 2. The summed E-state index contributed by atoms with van der Waals surface area (Å²) in [6.07, 6.45) is 4.40. The number of thiazole rings is 1. The molecule has 2 aliphatic rings. The number of fused-ring (bicyclic) bond motifs is 1. The molecule has 10 heteroatoms. The standard InChI is InChI=1S/C25H29FN6O2S/c1-15(2)32-22-21(35-25(27-22)28-23(33)17-9-8-16(3)19(26)13-17)20(29-32)24(34)31-12-6-7-18(31)14-30-10-4-5-11-30/h8-9,13,18H,1,4-7,10-12,14H2,2-3H3,(H,27,28,33)/t18-/m0/s1. The molecule has 2 amide bonds. The van der Waals surface area contributed by atoms with Crippen LogP contribution in [0.5, 0.6) is 0 Å². The number of nitrogens with one attached hydrogen (secondary N) is 1. The van der Waals surface area contributed by atoms with Gasteiger partial charge in [0.05, 0.1) is 0 Å². The van der Waals surface area contributed by atoms with Gasteiger partial charge in [-0.15, -0.1) is 0 Å². The van der Waals surface area contributed by atoms with Gasteiger partial charge in [-0.3, -0.25) is 14.9 Å². The molecule has 0 radical (unpaired) electrons. The Hall–Kier alpha value is -3.11. The van der Waals surface area contributed by atoms with E-state index in [0.29, 0.717) is 39.0 Å². The lowest BCUT2D eigenvalue weighted by molar-refractivity contribution is 0.0704. The molecule has 0 spiro atoms. The molecule has 1 atom stereocenters. The summed E-state index contributed by atoms with van der Waals surface area (Å²) in [4.78, 5) is 35.3. The first-order valence-electron chi connectivity index (χ1n) is 12.0. The summed E-state index contributed by atoms with van der Waals surface area (Å²) < 4.78 is 16.1. The number of hydrogen-bond donors (Lipinski definition) is 1. The molecular weight excluding hydrogens is 467 g/mol. The first kappa shape index (κ1) is 23.6. The van der Waals surface area contributed by atoms with Gasteiger partial charge in [-0.25, -0.2) is 9.07 Å². The molecule has 0 bridgehead atoms. The maximum atomic E-state index is 13.9. The normalized spacial score (nSPS) is 18.5. The van der Waals surface area contributed by atoms with Crippen LogP contribution in [0.15, 0.2) is 24.8 Å². The second kappa shape index (κ2) is 9.50. The molecular formula is C25H29FN6O2S. The highest BCUT2D eigenvalue weighted by molar-refractivity contribution is 7.22. The molecule has 0 aliphatic carbocycles. The van der Waals surface area contributed by atoms with E-state index in [4.69, 9.17) is 0 Å². The van der Waals surface area contributed by atoms with Gasteiger partial charge in [0.25, 0.3) is 11.8 Å². The highest BCUT2D eigenvalue weighted by Gasteiger charge is 2.34. The first-order valence-corrected chi connectivity index (χ1v) is 12.8. The van der Waals surface area contributed by atoms with Crippen LogP contribution in [0, 0.1) is 12.7 Å². The van der Waals surface area contributed by atoms with Crippen molar-refractivity contribution >= 4 is 44.3 Å². The van der Waals surface area contributed by atoms with E-state index in [-0.39, 0.29) is 17.5 Å². The van der Waals surface area contributed by atoms with Crippen molar-refractivity contribution in [2.45, 2.75) is 45.6 Å². The minimum absolute atomic E-state index is 0.112. The molecule has 35 heavy (non-hydrogen) atoms. The van der Waals surface area contributed by atoms with Crippen molar-refractivity contribution in [1.29, 1.82) is 0 Å². The lowest BCUT2D eigenvalue weighted by Gasteiger charge is -2.28. The van der Waals surface area contributed by atoms with Gasteiger partial charge in [-0.05, 0) is 70.3 Å². The van der Waals surface area contributed by atoms with Crippen molar-refractivity contribution in [2.24, 2.45) is 0 Å². The summed E-state index contributed by atoms with van der Waals surface area (Å²) in [6.45, 7) is 11.2. The molecule has 0 unspecified atom stereocenters. The predicted molar refractivity (Wildman–Crippen MR) is 135 cm³/mol. The number of carbonyl (C=O) groups excluding carboxylic acids is 2. The quantitative estimate of drug-likeness (QED) is 0.548. The van der Waals surface area contributed by atoms with Gasteiger partial charge in [0.2, 0.25) is 0 Å². The van der Waals surface area contributed by atoms with E-state index in [9.17, 15) is 14.0 Å². The number of halogens is 1. The monoisotopic (exact) mass is 496 g/mol. The zero-order chi connectivity index (χ0) is 24.7. The zero-order valence-corrected chi connectivity index (χ0v) is 20.8. The Morgan fingerprint density at radius 1 is 1.23 bits per heavy atom. The number of aromatic nitrogens is 3. The molecule has 3 aromatic rings.